The monoisotopic (exact) mass is 400 g/mol. The number of hydrogen-bond acceptors (Lipinski definition) is 5. The number of carbonyl (C=O) groups is 1. The Morgan fingerprint density at radius 3 is 2.37 bits per heavy atom. The molecule has 1 aliphatic rings. The molecular weight excluding hydrogens is 370 g/mol. The maximum atomic E-state index is 12.1. The van der Waals surface area contributed by atoms with Gasteiger partial charge in [-0.2, -0.15) is 17.0 Å². The highest BCUT2D eigenvalue weighted by atomic mass is 32.2. The maximum Gasteiger partial charge on any atom is 0.281 e. The van der Waals surface area contributed by atoms with Crippen molar-refractivity contribution in [3.05, 3.63) is 29.8 Å². The van der Waals surface area contributed by atoms with E-state index >= 15 is 0 Å². The number of Topliss-reactive ketones (excluding diaryl/α,β-unsaturated/α-hetero) is 1. The number of nitrogens with zero attached hydrogens (tertiary/aromatic N) is 2. The standard InChI is InChI=1S/C18H29N3O5S/c1-4-18(23)15-5-7-17(8-6-15)26-14-16(22)13-20-9-11-21(12-10-20)27(24,25)19(2)3/h5-8,16,22H,4,9-14H2,1-3H3/p+1/t16-/m0/s1. The fraction of sp³-hybridized carbons (Fsp3) is 0.611. The molecule has 1 aliphatic heterocycles. The zero-order chi connectivity index (χ0) is 20.0. The van der Waals surface area contributed by atoms with E-state index in [2.05, 4.69) is 0 Å². The van der Waals surface area contributed by atoms with E-state index in [0.29, 0.717) is 50.5 Å². The molecule has 1 heterocycles. The predicted octanol–water partition coefficient (Wildman–Crippen LogP) is -0.974. The summed E-state index contributed by atoms with van der Waals surface area (Å²) in [5.41, 5.74) is 0.653. The number of benzene rings is 1. The lowest BCUT2D eigenvalue weighted by Crippen LogP contribution is -3.16. The van der Waals surface area contributed by atoms with E-state index in [9.17, 15) is 18.3 Å². The normalized spacial score (nSPS) is 17.8. The second-order valence-corrected chi connectivity index (χ2v) is 9.05. The first-order valence-corrected chi connectivity index (χ1v) is 10.6. The topological polar surface area (TPSA) is 91.6 Å². The lowest BCUT2D eigenvalue weighted by atomic mass is 10.1. The maximum absolute atomic E-state index is 12.1. The summed E-state index contributed by atoms with van der Waals surface area (Å²) in [6.07, 6.45) is -0.181. The largest absolute Gasteiger partial charge is 0.491 e. The summed E-state index contributed by atoms with van der Waals surface area (Å²) in [5, 5.41) is 10.2. The molecule has 0 spiro atoms. The van der Waals surface area contributed by atoms with Crippen molar-refractivity contribution < 1.29 is 28.0 Å². The van der Waals surface area contributed by atoms with Crippen LogP contribution in [0.4, 0.5) is 0 Å². The third-order valence-electron chi connectivity index (χ3n) is 4.68. The average Bonchev–Trinajstić information content (AvgIpc) is 2.66. The van der Waals surface area contributed by atoms with Crippen molar-refractivity contribution in [2.75, 3.05) is 53.4 Å². The fourth-order valence-corrected chi connectivity index (χ4v) is 4.10. The van der Waals surface area contributed by atoms with Gasteiger partial charge in [-0.05, 0) is 24.3 Å². The Morgan fingerprint density at radius 2 is 1.85 bits per heavy atom. The molecule has 0 saturated carbocycles. The van der Waals surface area contributed by atoms with E-state index in [-0.39, 0.29) is 12.4 Å². The van der Waals surface area contributed by atoms with Gasteiger partial charge in [-0.1, -0.05) is 6.92 Å². The summed E-state index contributed by atoms with van der Waals surface area (Å²) in [5.74, 6) is 0.694. The lowest BCUT2D eigenvalue weighted by molar-refractivity contribution is -0.906. The van der Waals surface area contributed by atoms with Gasteiger partial charge in [0.2, 0.25) is 0 Å². The fourth-order valence-electron chi connectivity index (χ4n) is 2.99. The molecule has 1 aromatic rings. The van der Waals surface area contributed by atoms with E-state index in [1.165, 1.54) is 22.7 Å². The SMILES string of the molecule is CCC(=O)c1ccc(OC[C@@H](O)C[NH+]2CCN(S(=O)(=O)N(C)C)CC2)cc1. The molecule has 0 amide bonds. The van der Waals surface area contributed by atoms with Crippen molar-refractivity contribution in [2.24, 2.45) is 0 Å². The lowest BCUT2D eigenvalue weighted by Gasteiger charge is -2.33. The average molecular weight is 401 g/mol. The summed E-state index contributed by atoms with van der Waals surface area (Å²) in [6, 6.07) is 6.91. The molecule has 1 aromatic carbocycles. The van der Waals surface area contributed by atoms with Gasteiger partial charge in [0, 0.05) is 26.1 Å². The number of hydrogen-bond donors (Lipinski definition) is 2. The quantitative estimate of drug-likeness (QED) is 0.520. The van der Waals surface area contributed by atoms with Crippen LogP contribution in [0.3, 0.4) is 0 Å². The molecule has 2 N–H and O–H groups in total. The van der Waals surface area contributed by atoms with Crippen LogP contribution in [-0.2, 0) is 10.2 Å². The van der Waals surface area contributed by atoms with E-state index in [1.54, 1.807) is 24.3 Å². The van der Waals surface area contributed by atoms with E-state index in [4.69, 9.17) is 4.74 Å². The summed E-state index contributed by atoms with van der Waals surface area (Å²) < 4.78 is 32.5. The number of aliphatic hydroxyl groups excluding tert-OH is 1. The van der Waals surface area contributed by atoms with E-state index in [1.807, 2.05) is 6.92 Å². The Balaban J connectivity index is 1.75. The van der Waals surface area contributed by atoms with Crippen LogP contribution < -0.4 is 9.64 Å². The van der Waals surface area contributed by atoms with Crippen molar-refractivity contribution in [1.82, 2.24) is 8.61 Å². The van der Waals surface area contributed by atoms with Crippen LogP contribution >= 0.6 is 0 Å². The first-order chi connectivity index (χ1) is 12.7. The molecule has 27 heavy (non-hydrogen) atoms. The highest BCUT2D eigenvalue weighted by Crippen LogP contribution is 2.13. The van der Waals surface area contributed by atoms with E-state index in [0.717, 1.165) is 4.90 Å². The first-order valence-electron chi connectivity index (χ1n) is 9.19. The molecule has 9 heteroatoms. The molecule has 0 unspecified atom stereocenters. The van der Waals surface area contributed by atoms with Crippen LogP contribution in [-0.4, -0.2) is 87.4 Å². The zero-order valence-electron chi connectivity index (χ0n) is 16.2. The zero-order valence-corrected chi connectivity index (χ0v) is 17.0. The number of quaternary nitrogens is 1. The third kappa shape index (κ3) is 5.98. The third-order valence-corrected chi connectivity index (χ3v) is 6.62. The van der Waals surface area contributed by atoms with Gasteiger partial charge in [-0.25, -0.2) is 0 Å². The van der Waals surface area contributed by atoms with Gasteiger partial charge in [0.05, 0.1) is 26.2 Å². The van der Waals surface area contributed by atoms with Crippen LogP contribution in [0, 0.1) is 0 Å². The second-order valence-electron chi connectivity index (χ2n) is 6.91. The minimum atomic E-state index is -3.37. The van der Waals surface area contributed by atoms with Crippen LogP contribution in [0.5, 0.6) is 5.75 Å². The van der Waals surface area contributed by atoms with Gasteiger partial charge >= 0.3 is 0 Å². The minimum absolute atomic E-state index is 0.0839. The number of nitrogens with one attached hydrogen (secondary N) is 1. The highest BCUT2D eigenvalue weighted by molar-refractivity contribution is 7.86. The Morgan fingerprint density at radius 1 is 1.26 bits per heavy atom. The number of ketones is 1. The number of carbonyl (C=O) groups excluding carboxylic acids is 1. The van der Waals surface area contributed by atoms with Crippen LogP contribution in [0.15, 0.2) is 24.3 Å². The Hall–Kier alpha value is -1.52. The van der Waals surface area contributed by atoms with E-state index < -0.39 is 16.3 Å². The highest BCUT2D eigenvalue weighted by Gasteiger charge is 2.31. The molecule has 152 valence electrons. The van der Waals surface area contributed by atoms with Crippen LogP contribution in [0.25, 0.3) is 0 Å². The van der Waals surface area contributed by atoms with Gasteiger partial charge < -0.3 is 14.7 Å². The summed E-state index contributed by atoms with van der Waals surface area (Å²) in [6.45, 7) is 4.66. The van der Waals surface area contributed by atoms with Crippen molar-refractivity contribution in [3.63, 3.8) is 0 Å². The Labute approximate surface area is 161 Å². The molecule has 2 rings (SSSR count). The molecule has 0 bridgehead atoms. The second kappa shape index (κ2) is 9.61. The van der Waals surface area contributed by atoms with Gasteiger partial charge in [-0.15, -0.1) is 0 Å². The number of rotatable bonds is 9. The van der Waals surface area contributed by atoms with Crippen molar-refractivity contribution >= 4 is 16.0 Å². The molecule has 1 atom stereocenters. The van der Waals surface area contributed by atoms with Gasteiger partial charge in [-0.3, -0.25) is 4.79 Å². The van der Waals surface area contributed by atoms with Crippen molar-refractivity contribution in [3.8, 4) is 5.75 Å². The minimum Gasteiger partial charge on any atom is -0.491 e. The summed E-state index contributed by atoms with van der Waals surface area (Å²) in [4.78, 5) is 12.8. The predicted molar refractivity (Wildman–Crippen MR) is 102 cm³/mol. The van der Waals surface area contributed by atoms with Gasteiger partial charge in [0.25, 0.3) is 10.2 Å². The molecular formula is C18H30N3O5S+. The van der Waals surface area contributed by atoms with Crippen LogP contribution in [0.1, 0.15) is 23.7 Å². The summed E-state index contributed by atoms with van der Waals surface area (Å²) in [7, 11) is -0.311. The number of piperazine rings is 1. The molecule has 8 nitrogen and oxygen atoms in total. The molecule has 1 fully saturated rings. The first kappa shape index (κ1) is 21.8. The number of aliphatic hydroxyl groups is 1. The smallest absolute Gasteiger partial charge is 0.281 e. The molecule has 1 saturated heterocycles. The molecule has 0 aromatic heterocycles. The van der Waals surface area contributed by atoms with Crippen LogP contribution in [0.2, 0.25) is 0 Å². The van der Waals surface area contributed by atoms with Gasteiger partial charge in [0.15, 0.2) is 5.78 Å². The summed E-state index contributed by atoms with van der Waals surface area (Å²) >= 11 is 0. The Bertz CT molecular complexity index is 713. The molecule has 0 radical (unpaired) electrons. The van der Waals surface area contributed by atoms with Gasteiger partial charge in [0.1, 0.15) is 25.0 Å². The van der Waals surface area contributed by atoms with Crippen molar-refractivity contribution in [1.29, 1.82) is 0 Å². The van der Waals surface area contributed by atoms with Crippen molar-refractivity contribution in [2.45, 2.75) is 19.4 Å². The number of ether oxygens (including phenoxy) is 1. The molecule has 0 aliphatic carbocycles. The Kier molecular flexibility index (Phi) is 7.75.